The summed E-state index contributed by atoms with van der Waals surface area (Å²) in [4.78, 5) is 55.6. The molecule has 0 bridgehead atoms. The standard InChI is InChI=1S/C32H37N5O9/c1-35(2)20-12-19(34-21(38)14-37(46)13-15-8-6-5-7-9-15)26(39)23-17(20)10-16-11-18-25(36(3)4)28(41)24(31(33)44)30(43)32(18,45)29(42)22(16)27(23)40/h5-9,12,16,18,25,39-40,43,45-46H,10-11,13-14H2,1-4H3,(H2,33,44)(H,34,38)/t16?,18?,25-,32-/m0/s1. The number of nitrogens with one attached hydrogen (secondary N) is 1. The average molecular weight is 636 g/mol. The third kappa shape index (κ3) is 5.18. The summed E-state index contributed by atoms with van der Waals surface area (Å²) >= 11 is 0. The first-order valence-electron chi connectivity index (χ1n) is 14.6. The molecule has 8 N–H and O–H groups in total. The number of aliphatic hydroxyl groups excluding tert-OH is 2. The van der Waals surface area contributed by atoms with Crippen molar-refractivity contribution >= 4 is 40.5 Å². The van der Waals surface area contributed by atoms with Gasteiger partial charge < -0.3 is 41.6 Å². The van der Waals surface area contributed by atoms with Crippen molar-refractivity contribution in [3.8, 4) is 5.75 Å². The summed E-state index contributed by atoms with van der Waals surface area (Å²) in [5.74, 6) is -8.32. The Labute approximate surface area is 264 Å². The molecule has 2 unspecified atom stereocenters. The van der Waals surface area contributed by atoms with Crippen LogP contribution in [-0.2, 0) is 32.1 Å². The van der Waals surface area contributed by atoms with Crippen molar-refractivity contribution in [1.82, 2.24) is 9.96 Å². The minimum absolute atomic E-state index is 0.0500. The van der Waals surface area contributed by atoms with Crippen LogP contribution in [0.25, 0.3) is 5.76 Å². The highest BCUT2D eigenvalue weighted by Gasteiger charge is 2.64. The number of likely N-dealkylation sites (N-methyl/N-ethyl adjacent to an activating group) is 1. The molecule has 0 heterocycles. The lowest BCUT2D eigenvalue weighted by Crippen LogP contribution is -2.65. The Morgan fingerprint density at radius 3 is 2.30 bits per heavy atom. The summed E-state index contributed by atoms with van der Waals surface area (Å²) in [6.45, 7) is -0.392. The lowest BCUT2D eigenvalue weighted by atomic mass is 9.57. The van der Waals surface area contributed by atoms with Crippen LogP contribution in [0.15, 0.2) is 53.3 Å². The van der Waals surface area contributed by atoms with Crippen molar-refractivity contribution in [1.29, 1.82) is 0 Å². The number of amides is 2. The van der Waals surface area contributed by atoms with Crippen LogP contribution < -0.4 is 16.0 Å². The Morgan fingerprint density at radius 2 is 1.72 bits per heavy atom. The van der Waals surface area contributed by atoms with E-state index in [1.165, 1.54) is 25.1 Å². The number of benzene rings is 2. The lowest BCUT2D eigenvalue weighted by molar-refractivity contribution is -0.153. The van der Waals surface area contributed by atoms with E-state index in [-0.39, 0.29) is 36.2 Å². The van der Waals surface area contributed by atoms with Crippen molar-refractivity contribution in [2.24, 2.45) is 17.6 Å². The number of nitrogens with two attached hydrogens (primary N) is 1. The summed E-state index contributed by atoms with van der Waals surface area (Å²) in [6.07, 6.45) is 0.0387. The number of hydrogen-bond donors (Lipinski definition) is 7. The molecule has 244 valence electrons. The van der Waals surface area contributed by atoms with E-state index in [9.17, 15) is 44.8 Å². The van der Waals surface area contributed by atoms with Crippen LogP contribution >= 0.6 is 0 Å². The second-order valence-electron chi connectivity index (χ2n) is 12.4. The van der Waals surface area contributed by atoms with E-state index in [2.05, 4.69) is 5.32 Å². The molecule has 0 radical (unpaired) electrons. The molecule has 2 amide bonds. The molecule has 14 nitrogen and oxygen atoms in total. The number of anilines is 2. The van der Waals surface area contributed by atoms with Gasteiger partial charge >= 0.3 is 0 Å². The zero-order valence-corrected chi connectivity index (χ0v) is 25.8. The first-order valence-corrected chi connectivity index (χ1v) is 14.6. The Bertz CT molecular complexity index is 1700. The van der Waals surface area contributed by atoms with Crippen LogP contribution in [0.4, 0.5) is 11.4 Å². The molecule has 5 rings (SSSR count). The summed E-state index contributed by atoms with van der Waals surface area (Å²) in [5, 5.41) is 59.5. The zero-order valence-electron chi connectivity index (χ0n) is 25.8. The fourth-order valence-electron chi connectivity index (χ4n) is 6.99. The molecule has 0 aromatic heterocycles. The van der Waals surface area contributed by atoms with Gasteiger partial charge in [0.05, 0.1) is 17.3 Å². The quantitative estimate of drug-likeness (QED) is 0.122. The number of nitrogens with zero attached hydrogens (tertiary/aromatic N) is 3. The lowest BCUT2D eigenvalue weighted by Gasteiger charge is -2.50. The SMILES string of the molecule is CN(C)c1cc(NC(=O)CN(O)Cc2ccccc2)c(O)c2c1CC1CC3[C@H](N(C)C)C(=O)C(C(N)=O)=C(O)[C@@]3(O)C(=O)C1=C2O. The molecule has 1 fully saturated rings. The van der Waals surface area contributed by atoms with Gasteiger partial charge in [-0.2, -0.15) is 5.06 Å². The highest BCUT2D eigenvalue weighted by Crippen LogP contribution is 2.54. The number of aromatic hydroxyl groups is 1. The van der Waals surface area contributed by atoms with Crippen molar-refractivity contribution in [3.63, 3.8) is 0 Å². The number of hydroxylamine groups is 2. The van der Waals surface area contributed by atoms with Gasteiger partial charge in [-0.25, -0.2) is 0 Å². The van der Waals surface area contributed by atoms with Crippen molar-refractivity contribution in [2.45, 2.75) is 31.0 Å². The Hall–Kier alpha value is -4.76. The smallest absolute Gasteiger partial charge is 0.255 e. The molecule has 3 aliphatic rings. The van der Waals surface area contributed by atoms with Crippen LogP contribution in [-0.4, -0.2) is 105 Å². The number of rotatable bonds is 8. The number of Topliss-reactive ketones (excluding diaryl/α,β-unsaturated/α-hetero) is 2. The number of carbonyl (C=O) groups excluding carboxylic acids is 4. The first kappa shape index (κ1) is 32.6. The number of phenols is 1. The second kappa shape index (κ2) is 11.9. The number of ketones is 2. The molecular formula is C32H37N5O9. The maximum Gasteiger partial charge on any atom is 0.255 e. The first-order chi connectivity index (χ1) is 21.6. The van der Waals surface area contributed by atoms with E-state index in [4.69, 9.17) is 5.73 Å². The van der Waals surface area contributed by atoms with Crippen molar-refractivity contribution in [3.05, 3.63) is 70.0 Å². The molecule has 2 aromatic carbocycles. The van der Waals surface area contributed by atoms with Gasteiger partial charge in [0.25, 0.3) is 5.91 Å². The zero-order chi connectivity index (χ0) is 33.8. The number of carbonyl (C=O) groups is 4. The number of hydrogen-bond acceptors (Lipinski definition) is 12. The van der Waals surface area contributed by atoms with Gasteiger partial charge in [0.1, 0.15) is 29.4 Å². The number of primary amides is 1. The second-order valence-corrected chi connectivity index (χ2v) is 12.4. The molecule has 46 heavy (non-hydrogen) atoms. The molecule has 14 heteroatoms. The molecule has 0 aliphatic heterocycles. The molecule has 3 aliphatic carbocycles. The fourth-order valence-corrected chi connectivity index (χ4v) is 6.99. The van der Waals surface area contributed by atoms with Crippen molar-refractivity contribution < 1.29 is 44.8 Å². The number of aliphatic hydroxyl groups is 3. The van der Waals surface area contributed by atoms with Crippen molar-refractivity contribution in [2.75, 3.05) is 45.0 Å². The Morgan fingerprint density at radius 1 is 1.07 bits per heavy atom. The average Bonchev–Trinajstić information content (AvgIpc) is 2.96. The molecule has 4 atom stereocenters. The monoisotopic (exact) mass is 635 g/mol. The molecule has 0 spiro atoms. The highest BCUT2D eigenvalue weighted by molar-refractivity contribution is 6.24. The summed E-state index contributed by atoms with van der Waals surface area (Å²) in [5.41, 5.74) is 2.84. The summed E-state index contributed by atoms with van der Waals surface area (Å²) in [6, 6.07) is 9.28. The third-order valence-electron chi connectivity index (χ3n) is 8.99. The van der Waals surface area contributed by atoms with Crippen LogP contribution in [0.1, 0.15) is 23.1 Å². The molecule has 0 saturated heterocycles. The highest BCUT2D eigenvalue weighted by atomic mass is 16.5. The number of phenolic OH excluding ortho intramolecular Hbond substituents is 1. The molecule has 1 saturated carbocycles. The predicted octanol–water partition coefficient (Wildman–Crippen LogP) is 0.860. The van der Waals surface area contributed by atoms with Gasteiger partial charge in [-0.1, -0.05) is 30.3 Å². The van der Waals surface area contributed by atoms with Gasteiger partial charge in [0, 0.05) is 37.8 Å². The van der Waals surface area contributed by atoms with Gasteiger partial charge in [0.15, 0.2) is 11.4 Å². The van der Waals surface area contributed by atoms with Gasteiger partial charge in [-0.3, -0.25) is 24.1 Å². The van der Waals surface area contributed by atoms with Gasteiger partial charge in [-0.05, 0) is 50.0 Å². The normalized spacial score (nSPS) is 24.1. The molecule has 2 aromatic rings. The van der Waals surface area contributed by atoms with E-state index in [1.54, 1.807) is 43.3 Å². The van der Waals surface area contributed by atoms with E-state index in [1.807, 2.05) is 6.07 Å². The minimum atomic E-state index is -2.76. The van der Waals surface area contributed by atoms with Crippen LogP contribution in [0.3, 0.4) is 0 Å². The van der Waals surface area contributed by atoms with Crippen LogP contribution in [0, 0.1) is 11.8 Å². The van der Waals surface area contributed by atoms with Gasteiger partial charge in [-0.15, -0.1) is 0 Å². The maximum atomic E-state index is 14.1. The summed E-state index contributed by atoms with van der Waals surface area (Å²) < 4.78 is 0. The van der Waals surface area contributed by atoms with E-state index in [0.29, 0.717) is 11.3 Å². The number of fused-ring (bicyclic) bond motifs is 3. The predicted molar refractivity (Wildman–Crippen MR) is 166 cm³/mol. The maximum absolute atomic E-state index is 14.1. The largest absolute Gasteiger partial charge is 0.508 e. The van der Waals surface area contributed by atoms with E-state index < -0.39 is 76.2 Å². The van der Waals surface area contributed by atoms with Crippen LogP contribution in [0.5, 0.6) is 5.75 Å². The Kier molecular flexibility index (Phi) is 8.42. The summed E-state index contributed by atoms with van der Waals surface area (Å²) in [7, 11) is 6.49. The minimum Gasteiger partial charge on any atom is -0.508 e. The fraction of sp³-hybridized carbons (Fsp3) is 0.375. The third-order valence-corrected chi connectivity index (χ3v) is 8.99. The van der Waals surface area contributed by atoms with Crippen LogP contribution in [0.2, 0.25) is 0 Å². The topological polar surface area (TPSA) is 217 Å². The Balaban J connectivity index is 1.56. The molecular weight excluding hydrogens is 598 g/mol. The van der Waals surface area contributed by atoms with E-state index in [0.717, 1.165) is 10.6 Å². The van der Waals surface area contributed by atoms with Gasteiger partial charge in [0.2, 0.25) is 11.7 Å². The van der Waals surface area contributed by atoms with E-state index >= 15 is 0 Å².